The van der Waals surface area contributed by atoms with Gasteiger partial charge in [-0.3, -0.25) is 24.1 Å². The van der Waals surface area contributed by atoms with Gasteiger partial charge in [0.15, 0.2) is 6.61 Å². The van der Waals surface area contributed by atoms with Crippen LogP contribution in [0.3, 0.4) is 0 Å². The second-order valence-electron chi connectivity index (χ2n) is 8.02. The third-order valence-corrected chi connectivity index (χ3v) is 9.56. The van der Waals surface area contributed by atoms with Crippen LogP contribution in [-0.2, 0) is 23.9 Å². The fraction of sp³-hybridized carbons (Fsp3) is 0.524. The Morgan fingerprint density at radius 1 is 1.06 bits per heavy atom. The number of nitrogens with zero attached hydrogens (tertiary/aromatic N) is 1. The Morgan fingerprint density at radius 2 is 1.65 bits per heavy atom. The van der Waals surface area contributed by atoms with Crippen LogP contribution in [0.4, 0.5) is 5.69 Å². The number of alkyl halides is 2. The van der Waals surface area contributed by atoms with Crippen LogP contribution in [-0.4, -0.2) is 58.5 Å². The number of hydrogen-bond donors (Lipinski definition) is 1. The third-order valence-electron chi connectivity index (χ3n) is 6.36. The summed E-state index contributed by atoms with van der Waals surface area (Å²) >= 11 is 7.29. The SMILES string of the molecule is COc1ccc(NC(=O)COC(=O)CCN2C(=O)[C@@H]3[C@H]4C[C@@H]([C@H](Br)[C@@H]4Br)[C@@H]3C2=O)cc1. The maximum atomic E-state index is 12.8. The normalized spacial score (nSPS) is 31.0. The number of nitrogens with one attached hydrogen (secondary N) is 1. The Balaban J connectivity index is 1.24. The molecule has 1 saturated heterocycles. The Bertz CT molecular complexity index is 876. The topological polar surface area (TPSA) is 102 Å². The van der Waals surface area contributed by atoms with Crippen molar-refractivity contribution in [1.82, 2.24) is 4.90 Å². The number of carbonyl (C=O) groups is 4. The summed E-state index contributed by atoms with van der Waals surface area (Å²) in [5.41, 5.74) is 0.548. The summed E-state index contributed by atoms with van der Waals surface area (Å²) in [6.07, 6.45) is 0.718. The van der Waals surface area contributed by atoms with Crippen molar-refractivity contribution in [3.8, 4) is 5.75 Å². The minimum atomic E-state index is -0.637. The molecule has 0 unspecified atom stereocenters. The lowest BCUT2D eigenvalue weighted by Crippen LogP contribution is -2.37. The fourth-order valence-corrected chi connectivity index (χ4v) is 6.80. The molecule has 0 aromatic heterocycles. The van der Waals surface area contributed by atoms with Crippen molar-refractivity contribution >= 4 is 61.2 Å². The third kappa shape index (κ3) is 4.11. The number of fused-ring (bicyclic) bond motifs is 5. The molecule has 1 N–H and O–H groups in total. The lowest BCUT2D eigenvalue weighted by Gasteiger charge is -2.28. The molecule has 10 heteroatoms. The quantitative estimate of drug-likeness (QED) is 0.314. The lowest BCUT2D eigenvalue weighted by atomic mass is 9.81. The molecule has 3 fully saturated rings. The van der Waals surface area contributed by atoms with Gasteiger partial charge in [0.2, 0.25) is 11.8 Å². The van der Waals surface area contributed by atoms with Crippen LogP contribution in [0.25, 0.3) is 0 Å². The second kappa shape index (κ2) is 8.90. The predicted molar refractivity (Wildman–Crippen MR) is 118 cm³/mol. The molecular weight excluding hydrogens is 536 g/mol. The zero-order valence-electron chi connectivity index (χ0n) is 16.8. The Kier molecular flexibility index (Phi) is 6.39. The molecule has 6 atom stereocenters. The molecule has 2 bridgehead atoms. The van der Waals surface area contributed by atoms with E-state index in [0.29, 0.717) is 11.4 Å². The van der Waals surface area contributed by atoms with E-state index in [1.54, 1.807) is 31.4 Å². The van der Waals surface area contributed by atoms with E-state index in [1.807, 2.05) is 0 Å². The van der Waals surface area contributed by atoms with Crippen LogP contribution in [0.1, 0.15) is 12.8 Å². The van der Waals surface area contributed by atoms with Gasteiger partial charge in [-0.25, -0.2) is 0 Å². The molecule has 1 aromatic carbocycles. The summed E-state index contributed by atoms with van der Waals surface area (Å²) < 4.78 is 10.0. The van der Waals surface area contributed by atoms with Gasteiger partial charge < -0.3 is 14.8 Å². The first-order valence-corrected chi connectivity index (χ1v) is 11.9. The average molecular weight is 558 g/mol. The molecule has 0 radical (unpaired) electrons. The lowest BCUT2D eigenvalue weighted by molar-refractivity contribution is -0.149. The molecule has 1 heterocycles. The van der Waals surface area contributed by atoms with Gasteiger partial charge in [-0.15, -0.1) is 0 Å². The van der Waals surface area contributed by atoms with Gasteiger partial charge in [-0.2, -0.15) is 0 Å². The summed E-state index contributed by atoms with van der Waals surface area (Å²) in [6.45, 7) is -0.471. The molecule has 3 aliphatic rings. The summed E-state index contributed by atoms with van der Waals surface area (Å²) in [4.78, 5) is 51.2. The number of amides is 3. The van der Waals surface area contributed by atoms with Crippen LogP contribution in [0.15, 0.2) is 24.3 Å². The van der Waals surface area contributed by atoms with E-state index in [4.69, 9.17) is 9.47 Å². The molecule has 0 spiro atoms. The average Bonchev–Trinajstić information content (AvgIpc) is 3.36. The molecule has 1 aromatic rings. The van der Waals surface area contributed by atoms with Crippen LogP contribution in [0.2, 0.25) is 0 Å². The van der Waals surface area contributed by atoms with Crippen LogP contribution < -0.4 is 10.1 Å². The van der Waals surface area contributed by atoms with Gasteiger partial charge in [-0.1, -0.05) is 31.9 Å². The number of anilines is 1. The van der Waals surface area contributed by atoms with Crippen molar-refractivity contribution in [2.75, 3.05) is 25.6 Å². The van der Waals surface area contributed by atoms with Crippen LogP contribution in [0.5, 0.6) is 5.75 Å². The molecule has 8 nitrogen and oxygen atoms in total. The maximum Gasteiger partial charge on any atom is 0.308 e. The minimum Gasteiger partial charge on any atom is -0.497 e. The molecule has 4 rings (SSSR count). The highest BCUT2D eigenvalue weighted by atomic mass is 79.9. The maximum absolute atomic E-state index is 12.8. The summed E-state index contributed by atoms with van der Waals surface area (Å²) in [5, 5.41) is 2.61. The number of methoxy groups -OCH3 is 1. The first-order valence-electron chi connectivity index (χ1n) is 10.0. The molecule has 1 aliphatic heterocycles. The zero-order chi connectivity index (χ0) is 22.3. The number of hydrogen-bond acceptors (Lipinski definition) is 6. The largest absolute Gasteiger partial charge is 0.497 e. The number of carbonyl (C=O) groups excluding carboxylic acids is 4. The van der Waals surface area contributed by atoms with Crippen molar-refractivity contribution in [2.45, 2.75) is 22.5 Å². The predicted octanol–water partition coefficient (Wildman–Crippen LogP) is 2.34. The molecule has 31 heavy (non-hydrogen) atoms. The molecular formula is C21H22Br2N2O6. The number of halogens is 2. The molecule has 3 amide bonds. The molecule has 2 aliphatic carbocycles. The van der Waals surface area contributed by atoms with E-state index >= 15 is 0 Å². The van der Waals surface area contributed by atoms with Crippen molar-refractivity contribution < 1.29 is 28.7 Å². The van der Waals surface area contributed by atoms with E-state index in [1.165, 1.54) is 4.90 Å². The highest BCUT2D eigenvalue weighted by molar-refractivity contribution is 9.12. The van der Waals surface area contributed by atoms with Gasteiger partial charge in [0.1, 0.15) is 5.75 Å². The minimum absolute atomic E-state index is 0.0249. The standard InChI is InChI=1S/C21H22Br2N2O6/c1-30-11-4-2-10(3-5-11)24-14(26)9-31-15(27)6-7-25-20(28)16-12-8-13(17(16)21(25)29)19(23)18(12)22/h2-5,12-13,16-19H,6-9H2,1H3,(H,24,26)/t12-,13-,16-,17+,18-,19+/m1/s1. The smallest absolute Gasteiger partial charge is 0.308 e. The second-order valence-corrected chi connectivity index (χ2v) is 10.1. The van der Waals surface area contributed by atoms with Crippen molar-refractivity contribution in [1.29, 1.82) is 0 Å². The number of imide groups is 1. The van der Waals surface area contributed by atoms with Gasteiger partial charge in [0.05, 0.1) is 25.4 Å². The Hall–Kier alpha value is -1.94. The zero-order valence-corrected chi connectivity index (χ0v) is 19.9. The van der Waals surface area contributed by atoms with Crippen LogP contribution >= 0.6 is 31.9 Å². The summed E-state index contributed by atoms with van der Waals surface area (Å²) in [6, 6.07) is 6.73. The first-order chi connectivity index (χ1) is 14.8. The Morgan fingerprint density at radius 3 is 2.19 bits per heavy atom. The van der Waals surface area contributed by atoms with E-state index < -0.39 is 18.5 Å². The van der Waals surface area contributed by atoms with Crippen molar-refractivity contribution in [3.63, 3.8) is 0 Å². The summed E-state index contributed by atoms with van der Waals surface area (Å²) in [7, 11) is 1.55. The van der Waals surface area contributed by atoms with Crippen LogP contribution in [0, 0.1) is 23.7 Å². The number of benzene rings is 1. The van der Waals surface area contributed by atoms with Crippen molar-refractivity contribution in [3.05, 3.63) is 24.3 Å². The van der Waals surface area contributed by atoms with Gasteiger partial charge in [0.25, 0.3) is 5.91 Å². The summed E-state index contributed by atoms with van der Waals surface area (Å²) in [5.74, 6) is -1.20. The van der Waals surface area contributed by atoms with Gasteiger partial charge >= 0.3 is 5.97 Å². The van der Waals surface area contributed by atoms with Gasteiger partial charge in [0, 0.05) is 21.9 Å². The number of esters is 1. The number of likely N-dealkylation sites (tertiary alicyclic amines) is 1. The van der Waals surface area contributed by atoms with E-state index in [9.17, 15) is 19.2 Å². The van der Waals surface area contributed by atoms with Crippen molar-refractivity contribution in [2.24, 2.45) is 23.7 Å². The number of rotatable bonds is 7. The van der Waals surface area contributed by atoms with Gasteiger partial charge in [-0.05, 0) is 42.5 Å². The van der Waals surface area contributed by atoms with E-state index in [-0.39, 0.29) is 58.1 Å². The fourth-order valence-electron chi connectivity index (χ4n) is 4.92. The highest BCUT2D eigenvalue weighted by Crippen LogP contribution is 2.60. The number of ether oxygens (including phenoxy) is 2. The van der Waals surface area contributed by atoms with E-state index in [2.05, 4.69) is 37.2 Å². The molecule has 2 saturated carbocycles. The highest BCUT2D eigenvalue weighted by Gasteiger charge is 2.66. The first kappa shape index (κ1) is 22.3. The monoisotopic (exact) mass is 556 g/mol. The van der Waals surface area contributed by atoms with E-state index in [0.717, 1.165) is 6.42 Å². The molecule has 166 valence electrons. The Labute approximate surface area is 196 Å².